The summed E-state index contributed by atoms with van der Waals surface area (Å²) in [5.41, 5.74) is 0.769. The molecule has 0 fully saturated rings. The summed E-state index contributed by atoms with van der Waals surface area (Å²) in [6, 6.07) is 4.96. The number of aryl methyl sites for hydroxylation is 1. The summed E-state index contributed by atoms with van der Waals surface area (Å²) >= 11 is 2.55. The number of hydrogen-bond acceptors (Lipinski definition) is 7. The Morgan fingerprint density at radius 1 is 1.16 bits per heavy atom. The number of nitrogens with one attached hydrogen (secondary N) is 2. The van der Waals surface area contributed by atoms with E-state index in [9.17, 15) is 9.59 Å². The molecule has 3 aromatic rings. The first kappa shape index (κ1) is 17.3. The monoisotopic (exact) mass is 376 g/mol. The van der Waals surface area contributed by atoms with Gasteiger partial charge in [0, 0.05) is 5.92 Å². The van der Waals surface area contributed by atoms with Crippen LogP contribution in [-0.4, -0.2) is 22.0 Å². The predicted molar refractivity (Wildman–Crippen MR) is 97.7 cm³/mol. The van der Waals surface area contributed by atoms with Gasteiger partial charge in [0.25, 0.3) is 11.8 Å². The van der Waals surface area contributed by atoms with Gasteiger partial charge in [-0.05, 0) is 30.7 Å². The average Bonchev–Trinajstić information content (AvgIpc) is 3.27. The van der Waals surface area contributed by atoms with Gasteiger partial charge in [-0.3, -0.25) is 14.9 Å². The van der Waals surface area contributed by atoms with Crippen LogP contribution < -0.4 is 10.6 Å². The van der Waals surface area contributed by atoms with E-state index >= 15 is 0 Å². The number of carbonyl (C=O) groups excluding carboxylic acids is 2. The fourth-order valence-corrected chi connectivity index (χ4v) is 3.73. The lowest BCUT2D eigenvalue weighted by molar-refractivity contribution is 0.0995. The molecule has 0 saturated heterocycles. The Bertz CT molecular complexity index is 897. The summed E-state index contributed by atoms with van der Waals surface area (Å²) < 4.78 is 5.05. The molecule has 25 heavy (non-hydrogen) atoms. The summed E-state index contributed by atoms with van der Waals surface area (Å²) in [7, 11) is 0. The first-order chi connectivity index (χ1) is 11.9. The van der Waals surface area contributed by atoms with Crippen LogP contribution in [0.15, 0.2) is 28.9 Å². The molecule has 3 aromatic heterocycles. The molecule has 0 spiro atoms. The van der Waals surface area contributed by atoms with Crippen molar-refractivity contribution in [2.45, 2.75) is 26.7 Å². The SMILES string of the molecule is Cc1cc(NC(=O)c2ccco2)sc1C(=O)Nc1nnc(C(C)C)s1. The molecule has 0 radical (unpaired) electrons. The number of anilines is 2. The Morgan fingerprint density at radius 3 is 2.60 bits per heavy atom. The smallest absolute Gasteiger partial charge is 0.291 e. The second kappa shape index (κ2) is 7.16. The maximum Gasteiger partial charge on any atom is 0.291 e. The van der Waals surface area contributed by atoms with Gasteiger partial charge in [-0.15, -0.1) is 21.5 Å². The van der Waals surface area contributed by atoms with E-state index in [1.54, 1.807) is 18.2 Å². The van der Waals surface area contributed by atoms with Gasteiger partial charge in [0.15, 0.2) is 5.76 Å². The van der Waals surface area contributed by atoms with Crippen molar-refractivity contribution < 1.29 is 14.0 Å². The third-order valence-electron chi connectivity index (χ3n) is 3.26. The fraction of sp³-hybridized carbons (Fsp3) is 0.250. The van der Waals surface area contributed by atoms with E-state index in [2.05, 4.69) is 20.8 Å². The minimum Gasteiger partial charge on any atom is -0.459 e. The van der Waals surface area contributed by atoms with Gasteiger partial charge in [0.05, 0.1) is 16.1 Å². The van der Waals surface area contributed by atoms with Gasteiger partial charge in [-0.2, -0.15) is 0 Å². The van der Waals surface area contributed by atoms with Crippen molar-refractivity contribution in [2.24, 2.45) is 0 Å². The first-order valence-corrected chi connectivity index (χ1v) is 9.17. The van der Waals surface area contributed by atoms with E-state index in [1.165, 1.54) is 28.9 Å². The number of hydrogen-bond donors (Lipinski definition) is 2. The highest BCUT2D eigenvalue weighted by Gasteiger charge is 2.18. The predicted octanol–water partition coefficient (Wildman–Crippen LogP) is 4.13. The summed E-state index contributed by atoms with van der Waals surface area (Å²) in [6.45, 7) is 5.85. The molecule has 0 aromatic carbocycles. The highest BCUT2D eigenvalue weighted by molar-refractivity contribution is 7.18. The number of amides is 2. The molecule has 130 valence electrons. The molecule has 0 aliphatic rings. The molecular formula is C16H16N4O3S2. The van der Waals surface area contributed by atoms with Crippen LogP contribution in [0.4, 0.5) is 10.1 Å². The third-order valence-corrected chi connectivity index (χ3v) is 5.55. The van der Waals surface area contributed by atoms with Gasteiger partial charge >= 0.3 is 0 Å². The molecular weight excluding hydrogens is 360 g/mol. The Kier molecular flexibility index (Phi) is 4.95. The quantitative estimate of drug-likeness (QED) is 0.698. The molecule has 0 bridgehead atoms. The van der Waals surface area contributed by atoms with E-state index in [0.717, 1.165) is 10.6 Å². The molecule has 3 rings (SSSR count). The van der Waals surface area contributed by atoms with Gasteiger partial charge in [0.1, 0.15) is 5.01 Å². The van der Waals surface area contributed by atoms with Crippen LogP contribution in [0.3, 0.4) is 0 Å². The lowest BCUT2D eigenvalue weighted by atomic mass is 10.2. The zero-order valence-corrected chi connectivity index (χ0v) is 15.5. The minimum atomic E-state index is -0.357. The molecule has 7 nitrogen and oxygen atoms in total. The molecule has 3 heterocycles. The Hall–Kier alpha value is -2.52. The standard InChI is InChI=1S/C16H16N4O3S2/c1-8(2)15-19-20-16(25-15)18-14(22)12-9(3)7-11(24-12)17-13(21)10-5-4-6-23-10/h4-8H,1-3H3,(H,17,21)(H,18,20,22). The van der Waals surface area contributed by atoms with Crippen LogP contribution in [0.2, 0.25) is 0 Å². The van der Waals surface area contributed by atoms with E-state index in [4.69, 9.17) is 4.42 Å². The van der Waals surface area contributed by atoms with Crippen LogP contribution in [-0.2, 0) is 0 Å². The van der Waals surface area contributed by atoms with Crippen LogP contribution >= 0.6 is 22.7 Å². The second-order valence-electron chi connectivity index (χ2n) is 5.61. The zero-order valence-electron chi connectivity index (χ0n) is 13.8. The van der Waals surface area contributed by atoms with E-state index in [1.807, 2.05) is 20.8 Å². The van der Waals surface area contributed by atoms with Crippen molar-refractivity contribution in [1.29, 1.82) is 0 Å². The second-order valence-corrected chi connectivity index (χ2v) is 7.67. The van der Waals surface area contributed by atoms with Crippen LogP contribution in [0.25, 0.3) is 0 Å². The molecule has 0 atom stereocenters. The number of carbonyl (C=O) groups is 2. The molecule has 0 aliphatic heterocycles. The van der Waals surface area contributed by atoms with Gasteiger partial charge < -0.3 is 9.73 Å². The van der Waals surface area contributed by atoms with Crippen molar-refractivity contribution in [1.82, 2.24) is 10.2 Å². The van der Waals surface area contributed by atoms with E-state index in [0.29, 0.717) is 15.0 Å². The first-order valence-electron chi connectivity index (χ1n) is 7.54. The van der Waals surface area contributed by atoms with E-state index in [-0.39, 0.29) is 23.5 Å². The number of rotatable bonds is 5. The lowest BCUT2D eigenvalue weighted by Gasteiger charge is -2.00. The number of aromatic nitrogens is 2. The normalized spacial score (nSPS) is 10.9. The molecule has 0 aliphatic carbocycles. The van der Waals surface area contributed by atoms with Crippen LogP contribution in [0, 0.1) is 6.92 Å². The van der Waals surface area contributed by atoms with Crippen molar-refractivity contribution in [2.75, 3.05) is 10.6 Å². The maximum absolute atomic E-state index is 12.4. The minimum absolute atomic E-state index is 0.215. The van der Waals surface area contributed by atoms with Crippen molar-refractivity contribution in [3.05, 3.63) is 45.7 Å². The molecule has 2 N–H and O–H groups in total. The summed E-state index contributed by atoms with van der Waals surface area (Å²) in [5.74, 6) is -0.154. The van der Waals surface area contributed by atoms with Crippen molar-refractivity contribution in [3.8, 4) is 0 Å². The Labute approximate surface area is 152 Å². The summed E-state index contributed by atoms with van der Waals surface area (Å²) in [5, 5.41) is 15.4. The topological polar surface area (TPSA) is 97.1 Å². The van der Waals surface area contributed by atoms with Gasteiger partial charge in [-0.1, -0.05) is 25.2 Å². The zero-order chi connectivity index (χ0) is 18.0. The fourth-order valence-electron chi connectivity index (χ4n) is 2.02. The van der Waals surface area contributed by atoms with Gasteiger partial charge in [0.2, 0.25) is 5.13 Å². The largest absolute Gasteiger partial charge is 0.459 e. The highest BCUT2D eigenvalue weighted by Crippen LogP contribution is 2.29. The number of nitrogens with zero attached hydrogens (tertiary/aromatic N) is 2. The third kappa shape index (κ3) is 3.94. The van der Waals surface area contributed by atoms with Crippen LogP contribution in [0.1, 0.15) is 50.6 Å². The van der Waals surface area contributed by atoms with E-state index < -0.39 is 0 Å². The number of thiophene rings is 1. The number of furan rings is 1. The molecule has 0 unspecified atom stereocenters. The summed E-state index contributed by atoms with van der Waals surface area (Å²) in [4.78, 5) is 25.0. The Morgan fingerprint density at radius 2 is 1.96 bits per heavy atom. The molecule has 0 saturated carbocycles. The lowest BCUT2D eigenvalue weighted by Crippen LogP contribution is -2.11. The molecule has 2 amide bonds. The van der Waals surface area contributed by atoms with Gasteiger partial charge in [-0.25, -0.2) is 0 Å². The van der Waals surface area contributed by atoms with Crippen molar-refractivity contribution >= 4 is 44.6 Å². The highest BCUT2D eigenvalue weighted by atomic mass is 32.1. The van der Waals surface area contributed by atoms with Crippen LogP contribution in [0.5, 0.6) is 0 Å². The summed E-state index contributed by atoms with van der Waals surface area (Å²) in [6.07, 6.45) is 1.43. The molecule has 9 heteroatoms. The maximum atomic E-state index is 12.4. The average molecular weight is 376 g/mol. The van der Waals surface area contributed by atoms with Crippen molar-refractivity contribution in [3.63, 3.8) is 0 Å². The Balaban J connectivity index is 1.70.